The van der Waals surface area contributed by atoms with Crippen molar-refractivity contribution < 1.29 is 4.74 Å². The van der Waals surface area contributed by atoms with E-state index in [1.165, 1.54) is 4.88 Å². The third-order valence-corrected chi connectivity index (χ3v) is 4.94. The van der Waals surface area contributed by atoms with Crippen molar-refractivity contribution in [2.45, 2.75) is 39.3 Å². The third kappa shape index (κ3) is 2.70. The SMILES string of the molecule is CCNc1nc(N(C)C2CCOC2C)c2cc(C)sc2n1. The number of thiophene rings is 1. The molecule has 1 saturated heterocycles. The summed E-state index contributed by atoms with van der Waals surface area (Å²) in [4.78, 5) is 13.9. The summed E-state index contributed by atoms with van der Waals surface area (Å²) >= 11 is 1.72. The number of aryl methyl sites for hydroxylation is 1. The van der Waals surface area contributed by atoms with Gasteiger partial charge in [-0.3, -0.25) is 0 Å². The van der Waals surface area contributed by atoms with Crippen LogP contribution in [0.25, 0.3) is 10.2 Å². The zero-order valence-corrected chi connectivity index (χ0v) is 13.8. The van der Waals surface area contributed by atoms with Crippen LogP contribution >= 0.6 is 11.3 Å². The smallest absolute Gasteiger partial charge is 0.226 e. The molecule has 5 nitrogen and oxygen atoms in total. The molecule has 2 atom stereocenters. The van der Waals surface area contributed by atoms with Gasteiger partial charge in [0.05, 0.1) is 17.5 Å². The first-order valence-electron chi connectivity index (χ1n) is 7.46. The van der Waals surface area contributed by atoms with Crippen LogP contribution in [0.2, 0.25) is 0 Å². The minimum absolute atomic E-state index is 0.238. The van der Waals surface area contributed by atoms with Crippen LogP contribution in [0.4, 0.5) is 11.8 Å². The van der Waals surface area contributed by atoms with E-state index < -0.39 is 0 Å². The number of rotatable bonds is 4. The highest BCUT2D eigenvalue weighted by atomic mass is 32.1. The minimum atomic E-state index is 0.238. The molecule has 114 valence electrons. The maximum atomic E-state index is 5.70. The molecule has 6 heteroatoms. The largest absolute Gasteiger partial charge is 0.376 e. The number of hydrogen-bond donors (Lipinski definition) is 1. The molecule has 2 unspecified atom stereocenters. The Bertz CT molecular complexity index is 642. The zero-order chi connectivity index (χ0) is 15.0. The number of nitrogens with zero attached hydrogens (tertiary/aromatic N) is 3. The Kier molecular flexibility index (Phi) is 3.99. The molecule has 1 N–H and O–H groups in total. The second-order valence-corrected chi connectivity index (χ2v) is 6.75. The monoisotopic (exact) mass is 306 g/mol. The van der Waals surface area contributed by atoms with Crippen molar-refractivity contribution in [3.8, 4) is 0 Å². The fourth-order valence-corrected chi connectivity index (χ4v) is 3.79. The number of likely N-dealkylation sites (N-methyl/N-ethyl adjacent to an activating group) is 1. The molecular weight excluding hydrogens is 284 g/mol. The minimum Gasteiger partial charge on any atom is -0.376 e. The van der Waals surface area contributed by atoms with Crippen molar-refractivity contribution in [1.82, 2.24) is 9.97 Å². The van der Waals surface area contributed by atoms with Gasteiger partial charge in [0.2, 0.25) is 5.95 Å². The number of aromatic nitrogens is 2. The number of nitrogens with one attached hydrogen (secondary N) is 1. The summed E-state index contributed by atoms with van der Waals surface area (Å²) in [5, 5.41) is 4.37. The molecule has 3 heterocycles. The van der Waals surface area contributed by atoms with Crippen LogP contribution in [0.3, 0.4) is 0 Å². The van der Waals surface area contributed by atoms with E-state index in [0.29, 0.717) is 12.0 Å². The Morgan fingerprint density at radius 2 is 2.29 bits per heavy atom. The predicted molar refractivity (Wildman–Crippen MR) is 88.5 cm³/mol. The van der Waals surface area contributed by atoms with Gasteiger partial charge in [0, 0.05) is 25.1 Å². The molecule has 1 aliphatic rings. The first-order valence-corrected chi connectivity index (χ1v) is 8.28. The van der Waals surface area contributed by atoms with Crippen molar-refractivity contribution in [3.63, 3.8) is 0 Å². The van der Waals surface area contributed by atoms with E-state index in [-0.39, 0.29) is 6.10 Å². The molecule has 1 fully saturated rings. The Labute approximate surface area is 129 Å². The van der Waals surface area contributed by atoms with Gasteiger partial charge in [-0.05, 0) is 33.3 Å². The van der Waals surface area contributed by atoms with Gasteiger partial charge in [-0.1, -0.05) is 0 Å². The van der Waals surface area contributed by atoms with Gasteiger partial charge in [-0.2, -0.15) is 4.98 Å². The fourth-order valence-electron chi connectivity index (χ4n) is 2.92. The summed E-state index contributed by atoms with van der Waals surface area (Å²) < 4.78 is 5.70. The summed E-state index contributed by atoms with van der Waals surface area (Å²) in [5.74, 6) is 1.71. The Morgan fingerprint density at radius 1 is 1.48 bits per heavy atom. The van der Waals surface area contributed by atoms with Crippen LogP contribution in [0.15, 0.2) is 6.07 Å². The van der Waals surface area contributed by atoms with Crippen molar-refractivity contribution in [1.29, 1.82) is 0 Å². The molecular formula is C15H22N4OS. The van der Waals surface area contributed by atoms with Crippen LogP contribution < -0.4 is 10.2 Å². The Balaban J connectivity index is 2.06. The number of ether oxygens (including phenoxy) is 1. The first kappa shape index (κ1) is 14.5. The highest BCUT2D eigenvalue weighted by Gasteiger charge is 2.30. The Hall–Kier alpha value is -1.40. The third-order valence-electron chi connectivity index (χ3n) is 4.00. The van der Waals surface area contributed by atoms with Gasteiger partial charge in [0.1, 0.15) is 10.6 Å². The molecule has 0 amide bonds. The Morgan fingerprint density at radius 3 is 2.95 bits per heavy atom. The normalized spacial score (nSPS) is 21.9. The van der Waals surface area contributed by atoms with Gasteiger partial charge < -0.3 is 15.0 Å². The lowest BCUT2D eigenvalue weighted by atomic mass is 10.1. The molecule has 0 bridgehead atoms. The van der Waals surface area contributed by atoms with Crippen LogP contribution in [0.5, 0.6) is 0 Å². The van der Waals surface area contributed by atoms with Gasteiger partial charge >= 0.3 is 0 Å². The summed E-state index contributed by atoms with van der Waals surface area (Å²) in [5.41, 5.74) is 0. The van der Waals surface area contributed by atoms with E-state index in [2.05, 4.69) is 49.1 Å². The van der Waals surface area contributed by atoms with Gasteiger partial charge in [-0.25, -0.2) is 4.98 Å². The average molecular weight is 306 g/mol. The molecule has 0 aromatic carbocycles. The van der Waals surface area contributed by atoms with Gasteiger partial charge in [0.15, 0.2) is 0 Å². The van der Waals surface area contributed by atoms with E-state index in [1.807, 2.05) is 0 Å². The van der Waals surface area contributed by atoms with Crippen molar-refractivity contribution in [3.05, 3.63) is 10.9 Å². The lowest BCUT2D eigenvalue weighted by molar-refractivity contribution is 0.118. The van der Waals surface area contributed by atoms with E-state index >= 15 is 0 Å². The number of anilines is 2. The van der Waals surface area contributed by atoms with Crippen LogP contribution in [-0.4, -0.2) is 42.3 Å². The van der Waals surface area contributed by atoms with Gasteiger partial charge in [-0.15, -0.1) is 11.3 Å². The molecule has 2 aromatic heterocycles. The maximum Gasteiger partial charge on any atom is 0.226 e. The molecule has 2 aromatic rings. The molecule has 1 aliphatic heterocycles. The zero-order valence-electron chi connectivity index (χ0n) is 13.0. The second-order valence-electron chi connectivity index (χ2n) is 5.52. The standard InChI is InChI=1S/C15H22N4OS/c1-5-16-15-17-13(11-8-9(2)21-14(11)18-15)19(4)12-6-7-20-10(12)3/h8,10,12H,5-7H2,1-4H3,(H,16,17,18). The molecule has 3 rings (SSSR count). The van der Waals surface area contributed by atoms with Crippen LogP contribution in [-0.2, 0) is 4.74 Å². The highest BCUT2D eigenvalue weighted by Crippen LogP contribution is 2.33. The lowest BCUT2D eigenvalue weighted by Crippen LogP contribution is -2.37. The number of hydrogen-bond acceptors (Lipinski definition) is 6. The predicted octanol–water partition coefficient (Wildman–Crippen LogP) is 3.05. The fraction of sp³-hybridized carbons (Fsp3) is 0.600. The van der Waals surface area contributed by atoms with Gasteiger partial charge in [0.25, 0.3) is 0 Å². The van der Waals surface area contributed by atoms with Crippen molar-refractivity contribution >= 4 is 33.3 Å². The lowest BCUT2D eigenvalue weighted by Gasteiger charge is -2.28. The maximum absolute atomic E-state index is 5.70. The average Bonchev–Trinajstić information content (AvgIpc) is 3.02. The summed E-state index contributed by atoms with van der Waals surface area (Å²) in [7, 11) is 2.11. The van der Waals surface area contributed by atoms with E-state index in [9.17, 15) is 0 Å². The molecule has 0 saturated carbocycles. The number of fused-ring (bicyclic) bond motifs is 1. The second kappa shape index (κ2) is 5.77. The van der Waals surface area contributed by atoms with Crippen LogP contribution in [0.1, 0.15) is 25.1 Å². The molecule has 21 heavy (non-hydrogen) atoms. The topological polar surface area (TPSA) is 50.3 Å². The summed E-state index contributed by atoms with van der Waals surface area (Å²) in [6, 6.07) is 2.56. The molecule has 0 spiro atoms. The molecule has 0 radical (unpaired) electrons. The summed E-state index contributed by atoms with van der Waals surface area (Å²) in [6.45, 7) is 7.96. The quantitative estimate of drug-likeness (QED) is 0.941. The first-order chi connectivity index (χ1) is 10.1. The van der Waals surface area contributed by atoms with E-state index in [4.69, 9.17) is 9.72 Å². The van der Waals surface area contributed by atoms with Crippen LogP contribution in [0, 0.1) is 6.92 Å². The van der Waals surface area contributed by atoms with E-state index in [1.54, 1.807) is 11.3 Å². The van der Waals surface area contributed by atoms with E-state index in [0.717, 1.165) is 35.6 Å². The van der Waals surface area contributed by atoms with Crippen molar-refractivity contribution in [2.75, 3.05) is 30.4 Å². The molecule has 0 aliphatic carbocycles. The van der Waals surface area contributed by atoms with Crippen molar-refractivity contribution in [2.24, 2.45) is 0 Å². The summed E-state index contributed by atoms with van der Waals surface area (Å²) in [6.07, 6.45) is 1.28. The highest BCUT2D eigenvalue weighted by molar-refractivity contribution is 7.18.